The summed E-state index contributed by atoms with van der Waals surface area (Å²) < 4.78 is -1.68. The van der Waals surface area contributed by atoms with Gasteiger partial charge < -0.3 is 5.11 Å². The van der Waals surface area contributed by atoms with Crippen LogP contribution >= 0.6 is 34.8 Å². The van der Waals surface area contributed by atoms with Crippen molar-refractivity contribution >= 4 is 34.8 Å². The maximum Gasteiger partial charge on any atom is 0.227 e. The zero-order valence-electron chi connectivity index (χ0n) is 5.65. The summed E-state index contributed by atoms with van der Waals surface area (Å²) in [6.07, 6.45) is 1.02. The molecule has 1 fully saturated rings. The molecule has 1 saturated carbocycles. The topological polar surface area (TPSA) is 20.2 Å². The Bertz CT molecular complexity index is 194. The SMILES string of the molecule is OC(C#CC1CC1)C(Cl)(Cl)Cl. The summed E-state index contributed by atoms with van der Waals surface area (Å²) >= 11 is 16.1. The van der Waals surface area contributed by atoms with Crippen LogP contribution in [-0.4, -0.2) is 15.0 Å². The largest absolute Gasteiger partial charge is 0.376 e. The molecule has 4 heteroatoms. The summed E-state index contributed by atoms with van der Waals surface area (Å²) in [5.74, 6) is 5.72. The van der Waals surface area contributed by atoms with Gasteiger partial charge in [0, 0.05) is 5.92 Å². The van der Waals surface area contributed by atoms with Crippen LogP contribution in [0.25, 0.3) is 0 Å². The van der Waals surface area contributed by atoms with Gasteiger partial charge >= 0.3 is 0 Å². The van der Waals surface area contributed by atoms with Crippen molar-refractivity contribution in [1.82, 2.24) is 0 Å². The number of rotatable bonds is 0. The minimum Gasteiger partial charge on any atom is -0.376 e. The molecule has 1 rings (SSSR count). The van der Waals surface area contributed by atoms with E-state index in [1.807, 2.05) is 0 Å². The normalized spacial score (nSPS) is 20.4. The molecule has 0 bridgehead atoms. The standard InChI is InChI=1S/C7H7Cl3O/c8-7(9,10)6(11)4-3-5-1-2-5/h5-6,11H,1-2H2. The quantitative estimate of drug-likeness (QED) is 0.483. The monoisotopic (exact) mass is 212 g/mol. The number of aliphatic hydroxyl groups is 1. The van der Waals surface area contributed by atoms with E-state index in [4.69, 9.17) is 39.9 Å². The summed E-state index contributed by atoms with van der Waals surface area (Å²) in [5.41, 5.74) is 0. The van der Waals surface area contributed by atoms with E-state index in [2.05, 4.69) is 11.8 Å². The number of hydrogen-bond acceptors (Lipinski definition) is 1. The lowest BCUT2D eigenvalue weighted by Gasteiger charge is -2.12. The van der Waals surface area contributed by atoms with E-state index < -0.39 is 9.90 Å². The molecule has 0 radical (unpaired) electrons. The van der Waals surface area contributed by atoms with E-state index in [-0.39, 0.29) is 0 Å². The molecule has 62 valence electrons. The Morgan fingerprint density at radius 3 is 2.27 bits per heavy atom. The van der Waals surface area contributed by atoms with Gasteiger partial charge in [-0.1, -0.05) is 46.6 Å². The third-order valence-corrected chi connectivity index (χ3v) is 1.93. The smallest absolute Gasteiger partial charge is 0.227 e. The van der Waals surface area contributed by atoms with Crippen LogP contribution in [0.5, 0.6) is 0 Å². The van der Waals surface area contributed by atoms with E-state index in [0.717, 1.165) is 12.8 Å². The molecular formula is C7H7Cl3O. The van der Waals surface area contributed by atoms with Gasteiger partial charge in [-0.2, -0.15) is 0 Å². The molecule has 11 heavy (non-hydrogen) atoms. The van der Waals surface area contributed by atoms with Crippen LogP contribution in [0.2, 0.25) is 0 Å². The molecule has 0 amide bonds. The maximum absolute atomic E-state index is 9.09. The van der Waals surface area contributed by atoms with Gasteiger partial charge in [-0.25, -0.2) is 0 Å². The van der Waals surface area contributed by atoms with Crippen molar-refractivity contribution in [2.45, 2.75) is 22.7 Å². The number of hydrogen-bond donors (Lipinski definition) is 1. The molecular weight excluding hydrogens is 206 g/mol. The fourth-order valence-corrected chi connectivity index (χ4v) is 0.670. The fraction of sp³-hybridized carbons (Fsp3) is 0.714. The minimum atomic E-state index is -1.68. The highest BCUT2D eigenvalue weighted by Crippen LogP contribution is 2.31. The highest BCUT2D eigenvalue weighted by atomic mass is 35.6. The van der Waals surface area contributed by atoms with Crippen LogP contribution in [0, 0.1) is 17.8 Å². The van der Waals surface area contributed by atoms with Gasteiger partial charge in [0.15, 0.2) is 6.10 Å². The zero-order valence-corrected chi connectivity index (χ0v) is 7.92. The Hall–Kier alpha value is 0.390. The van der Waals surface area contributed by atoms with E-state index in [9.17, 15) is 0 Å². The van der Waals surface area contributed by atoms with Crippen molar-refractivity contribution < 1.29 is 5.11 Å². The van der Waals surface area contributed by atoms with Gasteiger partial charge in [0.1, 0.15) is 0 Å². The molecule has 1 aliphatic rings. The summed E-state index contributed by atoms with van der Waals surface area (Å²) in [5, 5.41) is 9.09. The summed E-state index contributed by atoms with van der Waals surface area (Å²) in [6.45, 7) is 0. The number of aliphatic hydroxyl groups excluding tert-OH is 1. The van der Waals surface area contributed by atoms with Gasteiger partial charge in [-0.15, -0.1) is 0 Å². The Morgan fingerprint density at radius 2 is 1.91 bits per heavy atom. The van der Waals surface area contributed by atoms with Crippen molar-refractivity contribution in [3.8, 4) is 11.8 Å². The fourth-order valence-electron chi connectivity index (χ4n) is 0.506. The molecule has 1 atom stereocenters. The molecule has 0 aliphatic heterocycles. The van der Waals surface area contributed by atoms with Crippen LogP contribution in [-0.2, 0) is 0 Å². The van der Waals surface area contributed by atoms with Crippen LogP contribution in [0.15, 0.2) is 0 Å². The molecule has 0 heterocycles. The first-order chi connectivity index (χ1) is 5.00. The van der Waals surface area contributed by atoms with Gasteiger partial charge in [-0.05, 0) is 12.8 Å². The van der Waals surface area contributed by atoms with Crippen molar-refractivity contribution in [3.05, 3.63) is 0 Å². The summed E-state index contributed by atoms with van der Waals surface area (Å²) in [6, 6.07) is 0. The Kier molecular flexibility index (Phi) is 2.94. The maximum atomic E-state index is 9.09. The van der Waals surface area contributed by atoms with Crippen LogP contribution in [0.3, 0.4) is 0 Å². The lowest BCUT2D eigenvalue weighted by molar-refractivity contribution is 0.237. The van der Waals surface area contributed by atoms with Gasteiger partial charge in [0.25, 0.3) is 0 Å². The van der Waals surface area contributed by atoms with E-state index in [1.165, 1.54) is 0 Å². The Balaban J connectivity index is 2.42. The molecule has 0 saturated heterocycles. The van der Waals surface area contributed by atoms with Crippen molar-refractivity contribution in [2.24, 2.45) is 5.92 Å². The van der Waals surface area contributed by atoms with Crippen molar-refractivity contribution in [2.75, 3.05) is 0 Å². The first-order valence-electron chi connectivity index (χ1n) is 3.26. The Morgan fingerprint density at radius 1 is 1.36 bits per heavy atom. The highest BCUT2D eigenvalue weighted by molar-refractivity contribution is 6.68. The summed E-state index contributed by atoms with van der Waals surface area (Å²) in [4.78, 5) is 0. The number of halogens is 3. The van der Waals surface area contributed by atoms with Crippen LogP contribution in [0.1, 0.15) is 12.8 Å². The molecule has 0 aromatic rings. The predicted molar refractivity (Wildman–Crippen MR) is 46.8 cm³/mol. The van der Waals surface area contributed by atoms with Crippen LogP contribution in [0.4, 0.5) is 0 Å². The highest BCUT2D eigenvalue weighted by Gasteiger charge is 2.29. The van der Waals surface area contributed by atoms with Gasteiger partial charge in [0.05, 0.1) is 0 Å². The number of alkyl halides is 3. The van der Waals surface area contributed by atoms with E-state index in [0.29, 0.717) is 5.92 Å². The predicted octanol–water partition coefficient (Wildman–Crippen LogP) is 2.13. The minimum absolute atomic E-state index is 0.414. The first-order valence-corrected chi connectivity index (χ1v) is 4.39. The second-order valence-electron chi connectivity index (χ2n) is 2.51. The molecule has 1 unspecified atom stereocenters. The van der Waals surface area contributed by atoms with Crippen molar-refractivity contribution in [3.63, 3.8) is 0 Å². The molecule has 0 aromatic carbocycles. The van der Waals surface area contributed by atoms with E-state index in [1.54, 1.807) is 0 Å². The third-order valence-electron chi connectivity index (χ3n) is 1.31. The van der Waals surface area contributed by atoms with Crippen LogP contribution < -0.4 is 0 Å². The average molecular weight is 213 g/mol. The molecule has 1 N–H and O–H groups in total. The second-order valence-corrected chi connectivity index (χ2v) is 4.88. The average Bonchev–Trinajstić information content (AvgIpc) is 2.62. The molecule has 0 spiro atoms. The third kappa shape index (κ3) is 3.53. The summed E-state index contributed by atoms with van der Waals surface area (Å²) in [7, 11) is 0. The Labute approximate surface area is 80.6 Å². The lowest BCUT2D eigenvalue weighted by Crippen LogP contribution is -2.22. The molecule has 1 aliphatic carbocycles. The van der Waals surface area contributed by atoms with E-state index >= 15 is 0 Å². The van der Waals surface area contributed by atoms with Gasteiger partial charge in [-0.3, -0.25) is 0 Å². The first kappa shape index (κ1) is 9.48. The second kappa shape index (κ2) is 3.41. The molecule has 1 nitrogen and oxygen atoms in total. The van der Waals surface area contributed by atoms with Crippen molar-refractivity contribution in [1.29, 1.82) is 0 Å². The zero-order chi connectivity index (χ0) is 8.48. The lowest BCUT2D eigenvalue weighted by atomic mass is 10.3. The molecule has 0 aromatic heterocycles. The van der Waals surface area contributed by atoms with Gasteiger partial charge in [0.2, 0.25) is 3.79 Å².